The zero-order valence-corrected chi connectivity index (χ0v) is 8.59. The smallest absolute Gasteiger partial charge is 0.334 e. The SMILES string of the molecule is COC(=O)C1=C(C(=O)O)C(C)(C)CC1. The number of carboxylic acids is 1. The first-order valence-corrected chi connectivity index (χ1v) is 4.45. The zero-order chi connectivity index (χ0) is 10.9. The molecule has 0 aromatic carbocycles. The van der Waals surface area contributed by atoms with Gasteiger partial charge in [0, 0.05) is 5.57 Å². The van der Waals surface area contributed by atoms with E-state index in [2.05, 4.69) is 4.74 Å². The Bertz CT molecular complexity index is 312. The van der Waals surface area contributed by atoms with E-state index in [1.165, 1.54) is 7.11 Å². The van der Waals surface area contributed by atoms with Gasteiger partial charge in [-0.15, -0.1) is 0 Å². The highest BCUT2D eigenvalue weighted by Gasteiger charge is 2.39. The second kappa shape index (κ2) is 3.44. The predicted molar refractivity (Wildman–Crippen MR) is 49.7 cm³/mol. The van der Waals surface area contributed by atoms with E-state index in [0.29, 0.717) is 18.4 Å². The van der Waals surface area contributed by atoms with E-state index in [1.807, 2.05) is 13.8 Å². The predicted octanol–water partition coefficient (Wildman–Crippen LogP) is 1.36. The minimum atomic E-state index is -1.02. The van der Waals surface area contributed by atoms with Crippen molar-refractivity contribution < 1.29 is 19.4 Å². The van der Waals surface area contributed by atoms with Crippen LogP contribution in [0.15, 0.2) is 11.1 Å². The van der Waals surface area contributed by atoms with Crippen LogP contribution < -0.4 is 0 Å². The first kappa shape index (κ1) is 10.8. The molecular formula is C10H14O4. The van der Waals surface area contributed by atoms with Gasteiger partial charge in [-0.3, -0.25) is 0 Å². The van der Waals surface area contributed by atoms with Crippen molar-refractivity contribution >= 4 is 11.9 Å². The topological polar surface area (TPSA) is 63.6 Å². The Morgan fingerprint density at radius 3 is 2.43 bits per heavy atom. The molecule has 0 aromatic rings. The standard InChI is InChI=1S/C10H14O4/c1-10(2)5-4-6(9(13)14-3)7(10)8(11)12/h4-5H2,1-3H3,(H,11,12). The third kappa shape index (κ3) is 1.64. The van der Waals surface area contributed by atoms with E-state index in [0.717, 1.165) is 0 Å². The van der Waals surface area contributed by atoms with Crippen molar-refractivity contribution in [1.82, 2.24) is 0 Å². The van der Waals surface area contributed by atoms with E-state index in [9.17, 15) is 9.59 Å². The molecule has 14 heavy (non-hydrogen) atoms. The monoisotopic (exact) mass is 198 g/mol. The molecule has 0 heterocycles. The van der Waals surface area contributed by atoms with Crippen LogP contribution in [0.1, 0.15) is 26.7 Å². The minimum absolute atomic E-state index is 0.198. The summed E-state index contributed by atoms with van der Waals surface area (Å²) in [5, 5.41) is 9.00. The van der Waals surface area contributed by atoms with Gasteiger partial charge in [-0.1, -0.05) is 13.8 Å². The van der Waals surface area contributed by atoms with Crippen molar-refractivity contribution in [3.05, 3.63) is 11.1 Å². The fourth-order valence-electron chi connectivity index (χ4n) is 1.84. The maximum Gasteiger partial charge on any atom is 0.334 e. The summed E-state index contributed by atoms with van der Waals surface area (Å²) < 4.78 is 4.55. The van der Waals surface area contributed by atoms with Gasteiger partial charge in [0.15, 0.2) is 0 Å². The van der Waals surface area contributed by atoms with Crippen LogP contribution in [-0.2, 0) is 14.3 Å². The average Bonchev–Trinajstić information content (AvgIpc) is 2.39. The first-order chi connectivity index (χ1) is 6.40. The number of carbonyl (C=O) groups excluding carboxylic acids is 1. The quantitative estimate of drug-likeness (QED) is 0.680. The lowest BCUT2D eigenvalue weighted by atomic mass is 9.85. The van der Waals surface area contributed by atoms with Crippen molar-refractivity contribution in [2.45, 2.75) is 26.7 Å². The molecule has 0 saturated heterocycles. The summed E-state index contributed by atoms with van der Waals surface area (Å²) in [4.78, 5) is 22.3. The molecule has 0 atom stereocenters. The van der Waals surface area contributed by atoms with Gasteiger partial charge in [0.1, 0.15) is 0 Å². The molecule has 0 spiro atoms. The Kier molecular flexibility index (Phi) is 2.64. The molecule has 4 heteroatoms. The number of ether oxygens (including phenoxy) is 1. The summed E-state index contributed by atoms with van der Waals surface area (Å²) >= 11 is 0. The highest BCUT2D eigenvalue weighted by Crippen LogP contribution is 2.42. The van der Waals surface area contributed by atoms with Gasteiger partial charge in [-0.2, -0.15) is 0 Å². The van der Waals surface area contributed by atoms with Gasteiger partial charge in [0.05, 0.1) is 12.7 Å². The summed E-state index contributed by atoms with van der Waals surface area (Å²) in [6.45, 7) is 3.65. The number of hydrogen-bond donors (Lipinski definition) is 1. The molecule has 1 N–H and O–H groups in total. The number of carboxylic acid groups (broad SMARTS) is 1. The molecule has 0 amide bonds. The van der Waals surface area contributed by atoms with Crippen molar-refractivity contribution in [3.8, 4) is 0 Å². The van der Waals surface area contributed by atoms with Crippen LogP contribution in [0.3, 0.4) is 0 Å². The van der Waals surface area contributed by atoms with Crippen LogP contribution in [-0.4, -0.2) is 24.2 Å². The van der Waals surface area contributed by atoms with Crippen LogP contribution in [0, 0.1) is 5.41 Å². The largest absolute Gasteiger partial charge is 0.478 e. The maximum atomic E-state index is 11.3. The van der Waals surface area contributed by atoms with Crippen LogP contribution in [0.25, 0.3) is 0 Å². The number of hydrogen-bond acceptors (Lipinski definition) is 3. The van der Waals surface area contributed by atoms with E-state index in [-0.39, 0.29) is 5.57 Å². The van der Waals surface area contributed by atoms with Crippen LogP contribution in [0.5, 0.6) is 0 Å². The molecule has 0 unspecified atom stereocenters. The molecule has 1 rings (SSSR count). The molecule has 78 valence electrons. The average molecular weight is 198 g/mol. The maximum absolute atomic E-state index is 11.3. The molecule has 0 aromatic heterocycles. The van der Waals surface area contributed by atoms with E-state index >= 15 is 0 Å². The van der Waals surface area contributed by atoms with Gasteiger partial charge in [-0.25, -0.2) is 9.59 Å². The molecule has 0 saturated carbocycles. The van der Waals surface area contributed by atoms with Crippen LogP contribution in [0.2, 0.25) is 0 Å². The first-order valence-electron chi connectivity index (χ1n) is 4.45. The fraction of sp³-hybridized carbons (Fsp3) is 0.600. The molecule has 0 fully saturated rings. The Morgan fingerprint density at radius 2 is 2.00 bits per heavy atom. The Morgan fingerprint density at radius 1 is 1.43 bits per heavy atom. The van der Waals surface area contributed by atoms with Gasteiger partial charge in [0.2, 0.25) is 0 Å². The van der Waals surface area contributed by atoms with Crippen LogP contribution >= 0.6 is 0 Å². The third-order valence-corrected chi connectivity index (χ3v) is 2.62. The van der Waals surface area contributed by atoms with Crippen molar-refractivity contribution in [3.63, 3.8) is 0 Å². The summed E-state index contributed by atoms with van der Waals surface area (Å²) in [6.07, 6.45) is 1.17. The number of rotatable bonds is 2. The zero-order valence-electron chi connectivity index (χ0n) is 8.59. The lowest BCUT2D eigenvalue weighted by Gasteiger charge is -2.18. The molecule has 1 aliphatic rings. The lowest BCUT2D eigenvalue weighted by Crippen LogP contribution is -2.19. The summed E-state index contributed by atoms with van der Waals surface area (Å²) in [6, 6.07) is 0. The summed E-state index contributed by atoms with van der Waals surface area (Å²) in [7, 11) is 1.26. The Labute approximate surface area is 82.6 Å². The number of esters is 1. The molecule has 1 aliphatic carbocycles. The molecule has 0 bridgehead atoms. The van der Waals surface area contributed by atoms with E-state index in [4.69, 9.17) is 5.11 Å². The summed E-state index contributed by atoms with van der Waals surface area (Å²) in [5.41, 5.74) is 0.0735. The Hall–Kier alpha value is -1.32. The van der Waals surface area contributed by atoms with Crippen molar-refractivity contribution in [1.29, 1.82) is 0 Å². The second-order valence-electron chi connectivity index (χ2n) is 4.03. The molecule has 0 aliphatic heterocycles. The van der Waals surface area contributed by atoms with E-state index in [1.54, 1.807) is 0 Å². The normalized spacial score (nSPS) is 19.6. The van der Waals surface area contributed by atoms with Gasteiger partial charge in [0.25, 0.3) is 0 Å². The van der Waals surface area contributed by atoms with Gasteiger partial charge < -0.3 is 9.84 Å². The minimum Gasteiger partial charge on any atom is -0.478 e. The molecule has 0 radical (unpaired) electrons. The highest BCUT2D eigenvalue weighted by atomic mass is 16.5. The van der Waals surface area contributed by atoms with Crippen molar-refractivity contribution in [2.24, 2.45) is 5.41 Å². The van der Waals surface area contributed by atoms with Crippen molar-refractivity contribution in [2.75, 3.05) is 7.11 Å². The van der Waals surface area contributed by atoms with Gasteiger partial charge in [-0.05, 0) is 18.3 Å². The lowest BCUT2D eigenvalue weighted by molar-refractivity contribution is -0.138. The molecule has 4 nitrogen and oxygen atoms in total. The number of carbonyl (C=O) groups is 2. The third-order valence-electron chi connectivity index (χ3n) is 2.62. The number of aliphatic carboxylic acids is 1. The molecular weight excluding hydrogens is 184 g/mol. The Balaban J connectivity index is 3.17. The second-order valence-corrected chi connectivity index (χ2v) is 4.03. The fourth-order valence-corrected chi connectivity index (χ4v) is 1.84. The summed E-state index contributed by atoms with van der Waals surface area (Å²) in [5.74, 6) is -1.54. The van der Waals surface area contributed by atoms with Crippen LogP contribution in [0.4, 0.5) is 0 Å². The van der Waals surface area contributed by atoms with Gasteiger partial charge >= 0.3 is 11.9 Å². The van der Waals surface area contributed by atoms with E-state index < -0.39 is 17.4 Å². The number of methoxy groups -OCH3 is 1. The highest BCUT2D eigenvalue weighted by molar-refractivity contribution is 6.01.